The van der Waals surface area contributed by atoms with E-state index in [1.54, 1.807) is 10.6 Å². The molecule has 2 heterocycles. The van der Waals surface area contributed by atoms with Gasteiger partial charge in [-0.05, 0) is 18.9 Å². The summed E-state index contributed by atoms with van der Waals surface area (Å²) in [7, 11) is 0. The molecule has 0 saturated carbocycles. The van der Waals surface area contributed by atoms with Crippen LogP contribution < -0.4 is 10.9 Å². The van der Waals surface area contributed by atoms with Gasteiger partial charge in [0.25, 0.3) is 5.56 Å². The van der Waals surface area contributed by atoms with E-state index in [2.05, 4.69) is 12.2 Å². The average molecular weight is 222 g/mol. The number of anilines is 1. The van der Waals surface area contributed by atoms with Crippen LogP contribution in [0, 0.1) is 0 Å². The molecule has 1 fully saturated rings. The number of nitrogens with zero attached hydrogens (tertiary/aromatic N) is 1. The van der Waals surface area contributed by atoms with Gasteiger partial charge in [-0.25, -0.2) is 0 Å². The van der Waals surface area contributed by atoms with E-state index in [4.69, 9.17) is 4.74 Å². The zero-order valence-corrected chi connectivity index (χ0v) is 9.61. The van der Waals surface area contributed by atoms with E-state index in [1.807, 2.05) is 12.3 Å². The largest absolute Gasteiger partial charge is 0.379 e. The van der Waals surface area contributed by atoms with Crippen molar-refractivity contribution < 1.29 is 4.74 Å². The summed E-state index contributed by atoms with van der Waals surface area (Å²) in [4.78, 5) is 11.5. The van der Waals surface area contributed by atoms with E-state index in [9.17, 15) is 4.79 Å². The van der Waals surface area contributed by atoms with E-state index in [1.165, 1.54) is 0 Å². The maximum atomic E-state index is 11.5. The topological polar surface area (TPSA) is 43.3 Å². The lowest BCUT2D eigenvalue weighted by Crippen LogP contribution is -2.23. The number of hydrogen-bond donors (Lipinski definition) is 1. The highest BCUT2D eigenvalue weighted by molar-refractivity contribution is 5.41. The van der Waals surface area contributed by atoms with Crippen molar-refractivity contribution >= 4 is 5.69 Å². The van der Waals surface area contributed by atoms with E-state index in [0.29, 0.717) is 6.04 Å². The van der Waals surface area contributed by atoms with Gasteiger partial charge in [-0.2, -0.15) is 0 Å². The third-order valence-electron chi connectivity index (χ3n) is 2.75. The van der Waals surface area contributed by atoms with E-state index in [0.717, 1.165) is 38.3 Å². The molecular formula is C12H18N2O2. The summed E-state index contributed by atoms with van der Waals surface area (Å²) in [6.45, 7) is 4.42. The van der Waals surface area contributed by atoms with Gasteiger partial charge in [-0.3, -0.25) is 4.79 Å². The van der Waals surface area contributed by atoms with Gasteiger partial charge in [0.1, 0.15) is 0 Å². The molecule has 2 rings (SSSR count). The summed E-state index contributed by atoms with van der Waals surface area (Å²) in [5, 5.41) is 3.38. The summed E-state index contributed by atoms with van der Waals surface area (Å²) in [6, 6.07) is 3.84. The van der Waals surface area contributed by atoms with Crippen molar-refractivity contribution in [3.8, 4) is 0 Å². The average Bonchev–Trinajstić information content (AvgIpc) is 2.76. The highest BCUT2D eigenvalue weighted by Gasteiger charge is 2.15. The van der Waals surface area contributed by atoms with Crippen LogP contribution in [0.1, 0.15) is 19.8 Å². The van der Waals surface area contributed by atoms with Crippen LogP contribution in [0.15, 0.2) is 23.1 Å². The molecule has 1 N–H and O–H groups in total. The molecule has 88 valence electrons. The quantitative estimate of drug-likeness (QED) is 0.838. The normalized spacial score (nSPS) is 19.9. The van der Waals surface area contributed by atoms with Crippen LogP contribution in [0.2, 0.25) is 0 Å². The molecule has 1 aromatic rings. The van der Waals surface area contributed by atoms with E-state index >= 15 is 0 Å². The Balaban J connectivity index is 2.08. The Morgan fingerprint density at radius 1 is 1.56 bits per heavy atom. The highest BCUT2D eigenvalue weighted by Crippen LogP contribution is 2.12. The molecule has 1 unspecified atom stereocenters. The fourth-order valence-corrected chi connectivity index (χ4v) is 1.92. The molecule has 4 nitrogen and oxygen atoms in total. The number of aryl methyl sites for hydroxylation is 1. The Labute approximate surface area is 95.2 Å². The van der Waals surface area contributed by atoms with Crippen molar-refractivity contribution in [3.63, 3.8) is 0 Å². The Bertz CT molecular complexity index is 394. The summed E-state index contributed by atoms with van der Waals surface area (Å²) in [6.07, 6.45) is 3.90. The third-order valence-corrected chi connectivity index (χ3v) is 2.75. The zero-order valence-electron chi connectivity index (χ0n) is 9.61. The number of pyridine rings is 1. The first-order chi connectivity index (χ1) is 7.79. The maximum Gasteiger partial charge on any atom is 0.250 e. The molecule has 1 aromatic heterocycles. The van der Waals surface area contributed by atoms with Crippen molar-refractivity contribution in [3.05, 3.63) is 28.7 Å². The first-order valence-corrected chi connectivity index (χ1v) is 5.84. The monoisotopic (exact) mass is 222 g/mol. The molecule has 4 heteroatoms. The Hall–Kier alpha value is -1.29. The molecule has 0 bridgehead atoms. The first-order valence-electron chi connectivity index (χ1n) is 5.84. The molecule has 1 aliphatic heterocycles. The summed E-state index contributed by atoms with van der Waals surface area (Å²) in [5.41, 5.74) is 1.07. The fourth-order valence-electron chi connectivity index (χ4n) is 1.92. The lowest BCUT2D eigenvalue weighted by Gasteiger charge is -2.13. The van der Waals surface area contributed by atoms with Crippen molar-refractivity contribution in [2.45, 2.75) is 32.4 Å². The summed E-state index contributed by atoms with van der Waals surface area (Å²) in [5.74, 6) is 0. The summed E-state index contributed by atoms with van der Waals surface area (Å²) >= 11 is 0. The first kappa shape index (κ1) is 11.2. The summed E-state index contributed by atoms with van der Waals surface area (Å²) < 4.78 is 7.05. The second kappa shape index (κ2) is 5.16. The van der Waals surface area contributed by atoms with Gasteiger partial charge in [0.2, 0.25) is 0 Å². The second-order valence-corrected chi connectivity index (χ2v) is 4.15. The fraction of sp³-hybridized carbons (Fsp3) is 0.583. The minimum absolute atomic E-state index is 0.0649. The Morgan fingerprint density at radius 3 is 3.12 bits per heavy atom. The number of aromatic nitrogens is 1. The van der Waals surface area contributed by atoms with Crippen LogP contribution in [0.3, 0.4) is 0 Å². The van der Waals surface area contributed by atoms with Crippen LogP contribution in [0.25, 0.3) is 0 Å². The number of rotatable bonds is 4. The molecule has 0 aliphatic carbocycles. The Morgan fingerprint density at radius 2 is 2.44 bits per heavy atom. The maximum absolute atomic E-state index is 11.5. The van der Waals surface area contributed by atoms with Crippen LogP contribution >= 0.6 is 0 Å². The highest BCUT2D eigenvalue weighted by atomic mass is 16.5. The molecule has 1 atom stereocenters. The minimum atomic E-state index is 0.0649. The molecule has 0 radical (unpaired) electrons. The van der Waals surface area contributed by atoms with Crippen molar-refractivity contribution in [1.29, 1.82) is 0 Å². The minimum Gasteiger partial charge on any atom is -0.379 e. The smallest absolute Gasteiger partial charge is 0.250 e. The molecule has 0 aromatic carbocycles. The molecule has 16 heavy (non-hydrogen) atoms. The predicted octanol–water partition coefficient (Wildman–Crippen LogP) is 1.46. The zero-order chi connectivity index (χ0) is 11.4. The number of ether oxygens (including phenoxy) is 1. The lowest BCUT2D eigenvalue weighted by atomic mass is 10.2. The molecular weight excluding hydrogens is 204 g/mol. The van der Waals surface area contributed by atoms with Gasteiger partial charge < -0.3 is 14.6 Å². The molecule has 1 saturated heterocycles. The van der Waals surface area contributed by atoms with Crippen LogP contribution in [-0.4, -0.2) is 23.8 Å². The lowest BCUT2D eigenvalue weighted by molar-refractivity contribution is 0.195. The molecule has 1 aliphatic rings. The molecule has 0 amide bonds. The van der Waals surface area contributed by atoms with Gasteiger partial charge in [-0.1, -0.05) is 6.92 Å². The number of nitrogens with one attached hydrogen (secondary N) is 1. The van der Waals surface area contributed by atoms with E-state index < -0.39 is 0 Å². The van der Waals surface area contributed by atoms with Gasteiger partial charge >= 0.3 is 0 Å². The van der Waals surface area contributed by atoms with Crippen LogP contribution in [0.4, 0.5) is 5.69 Å². The van der Waals surface area contributed by atoms with E-state index in [-0.39, 0.29) is 5.56 Å². The molecule has 0 spiro atoms. The third kappa shape index (κ3) is 2.64. The van der Waals surface area contributed by atoms with Crippen LogP contribution in [0.5, 0.6) is 0 Å². The SMILES string of the molecule is CCCn1cc(NC2CCOC2)ccc1=O. The Kier molecular flexibility index (Phi) is 3.62. The van der Waals surface area contributed by atoms with Crippen molar-refractivity contribution in [2.75, 3.05) is 18.5 Å². The van der Waals surface area contributed by atoms with Gasteiger partial charge in [0.05, 0.1) is 18.3 Å². The van der Waals surface area contributed by atoms with Gasteiger partial charge in [0, 0.05) is 25.4 Å². The number of hydrogen-bond acceptors (Lipinski definition) is 3. The predicted molar refractivity (Wildman–Crippen MR) is 63.8 cm³/mol. The van der Waals surface area contributed by atoms with Crippen molar-refractivity contribution in [1.82, 2.24) is 4.57 Å². The van der Waals surface area contributed by atoms with Crippen molar-refractivity contribution in [2.24, 2.45) is 0 Å². The van der Waals surface area contributed by atoms with Gasteiger partial charge in [0.15, 0.2) is 0 Å². The second-order valence-electron chi connectivity index (χ2n) is 4.15. The standard InChI is InChI=1S/C12H18N2O2/c1-2-6-14-8-10(3-4-12(14)15)13-11-5-7-16-9-11/h3-4,8,11,13H,2,5-7,9H2,1H3. The van der Waals surface area contributed by atoms with Gasteiger partial charge in [-0.15, -0.1) is 0 Å². The van der Waals surface area contributed by atoms with Crippen LogP contribution in [-0.2, 0) is 11.3 Å².